The highest BCUT2D eigenvalue weighted by Crippen LogP contribution is 2.32. The van der Waals surface area contributed by atoms with Crippen LogP contribution in [-0.4, -0.2) is 52.4 Å². The van der Waals surface area contributed by atoms with Crippen LogP contribution in [0.5, 0.6) is 11.5 Å². The molecule has 4 rings (SSSR count). The van der Waals surface area contributed by atoms with E-state index in [-0.39, 0.29) is 23.3 Å². The number of hydrogen-bond donors (Lipinski definition) is 0. The molecule has 2 aromatic rings. The van der Waals surface area contributed by atoms with E-state index in [1.807, 2.05) is 0 Å². The standard InChI is InChI=1S/C21H26F2N4O3/c1-29-16-9-8-14(12-17(16)30-21(22)23)20(28)26-10-5-6-15(13-26)19-25-24-18-7-3-2-4-11-27(18)19/h8-9,12,15,21H,2-7,10-11,13H2,1H3. The van der Waals surface area contributed by atoms with E-state index in [0.29, 0.717) is 18.7 Å². The minimum absolute atomic E-state index is 0.122. The molecular weight excluding hydrogens is 394 g/mol. The summed E-state index contributed by atoms with van der Waals surface area (Å²) in [6, 6.07) is 4.37. The number of halogens is 2. The third-order valence-corrected chi connectivity index (χ3v) is 5.84. The SMILES string of the molecule is COc1ccc(C(=O)N2CCCC(c3nnc4n3CCCCC4)C2)cc1OC(F)F. The van der Waals surface area contributed by atoms with Gasteiger partial charge in [0.05, 0.1) is 7.11 Å². The van der Waals surface area contributed by atoms with E-state index in [2.05, 4.69) is 19.5 Å². The summed E-state index contributed by atoms with van der Waals surface area (Å²) in [6.07, 6.45) is 6.19. The van der Waals surface area contributed by atoms with Crippen LogP contribution in [0.25, 0.3) is 0 Å². The first-order valence-corrected chi connectivity index (χ1v) is 10.4. The largest absolute Gasteiger partial charge is 0.493 e. The van der Waals surface area contributed by atoms with Gasteiger partial charge in [0.25, 0.3) is 5.91 Å². The lowest BCUT2D eigenvalue weighted by molar-refractivity contribution is -0.0512. The van der Waals surface area contributed by atoms with Gasteiger partial charge in [0.1, 0.15) is 11.6 Å². The van der Waals surface area contributed by atoms with Crippen molar-refractivity contribution in [2.45, 2.75) is 57.6 Å². The Morgan fingerprint density at radius 1 is 1.13 bits per heavy atom. The first kappa shape index (κ1) is 20.6. The van der Waals surface area contributed by atoms with Crippen molar-refractivity contribution in [2.75, 3.05) is 20.2 Å². The van der Waals surface area contributed by atoms with Gasteiger partial charge in [-0.25, -0.2) is 0 Å². The second kappa shape index (κ2) is 8.97. The first-order valence-electron chi connectivity index (χ1n) is 10.4. The summed E-state index contributed by atoms with van der Waals surface area (Å²) >= 11 is 0. The van der Waals surface area contributed by atoms with Gasteiger partial charge in [0.2, 0.25) is 0 Å². The molecule has 0 N–H and O–H groups in total. The van der Waals surface area contributed by atoms with Gasteiger partial charge in [-0.2, -0.15) is 8.78 Å². The summed E-state index contributed by atoms with van der Waals surface area (Å²) in [5, 5.41) is 8.84. The van der Waals surface area contributed by atoms with E-state index >= 15 is 0 Å². The highest BCUT2D eigenvalue weighted by atomic mass is 19.3. The normalized spacial score (nSPS) is 19.3. The van der Waals surface area contributed by atoms with Crippen LogP contribution in [0, 0.1) is 0 Å². The number of amides is 1. The summed E-state index contributed by atoms with van der Waals surface area (Å²) in [5.74, 6) is 1.93. The lowest BCUT2D eigenvalue weighted by Gasteiger charge is -2.32. The Kier molecular flexibility index (Phi) is 6.15. The van der Waals surface area contributed by atoms with Crippen LogP contribution in [0.3, 0.4) is 0 Å². The zero-order valence-electron chi connectivity index (χ0n) is 17.0. The molecular formula is C21H26F2N4O3. The number of alkyl halides is 2. The second-order valence-electron chi connectivity index (χ2n) is 7.77. The van der Waals surface area contributed by atoms with E-state index in [1.54, 1.807) is 11.0 Å². The quantitative estimate of drug-likeness (QED) is 0.739. The van der Waals surface area contributed by atoms with Crippen molar-refractivity contribution in [3.05, 3.63) is 35.4 Å². The third-order valence-electron chi connectivity index (χ3n) is 5.84. The fourth-order valence-electron chi connectivity index (χ4n) is 4.36. The van der Waals surface area contributed by atoms with Crippen molar-refractivity contribution >= 4 is 5.91 Å². The molecule has 2 aliphatic rings. The van der Waals surface area contributed by atoms with Gasteiger partial charge in [-0.3, -0.25) is 4.79 Å². The Morgan fingerprint density at radius 3 is 2.80 bits per heavy atom. The van der Waals surface area contributed by atoms with Crippen LogP contribution >= 0.6 is 0 Å². The van der Waals surface area contributed by atoms with Crippen molar-refractivity contribution in [1.29, 1.82) is 0 Å². The summed E-state index contributed by atoms with van der Waals surface area (Å²) in [7, 11) is 1.37. The molecule has 0 bridgehead atoms. The van der Waals surface area contributed by atoms with Gasteiger partial charge in [-0.05, 0) is 43.9 Å². The van der Waals surface area contributed by atoms with Crippen molar-refractivity contribution < 1.29 is 23.0 Å². The average Bonchev–Trinajstić information content (AvgIpc) is 3.01. The van der Waals surface area contributed by atoms with Crippen molar-refractivity contribution in [2.24, 2.45) is 0 Å². The minimum Gasteiger partial charge on any atom is -0.493 e. The monoisotopic (exact) mass is 420 g/mol. The lowest BCUT2D eigenvalue weighted by Crippen LogP contribution is -2.39. The Labute approximate surface area is 174 Å². The third kappa shape index (κ3) is 4.24. The van der Waals surface area contributed by atoms with Crippen LogP contribution in [0.15, 0.2) is 18.2 Å². The molecule has 1 amide bonds. The van der Waals surface area contributed by atoms with E-state index in [9.17, 15) is 13.6 Å². The van der Waals surface area contributed by atoms with Crippen LogP contribution < -0.4 is 9.47 Å². The predicted octanol–water partition coefficient (Wildman–Crippen LogP) is 3.63. The van der Waals surface area contributed by atoms with E-state index < -0.39 is 6.61 Å². The van der Waals surface area contributed by atoms with E-state index in [1.165, 1.54) is 25.7 Å². The lowest BCUT2D eigenvalue weighted by atomic mass is 9.96. The molecule has 30 heavy (non-hydrogen) atoms. The average molecular weight is 420 g/mol. The van der Waals surface area contributed by atoms with Crippen molar-refractivity contribution in [1.82, 2.24) is 19.7 Å². The van der Waals surface area contributed by atoms with E-state index in [4.69, 9.17) is 4.74 Å². The molecule has 1 aromatic carbocycles. The number of nitrogens with zero attached hydrogens (tertiary/aromatic N) is 4. The Bertz CT molecular complexity index is 902. The number of ether oxygens (including phenoxy) is 2. The number of piperidine rings is 1. The van der Waals surface area contributed by atoms with Gasteiger partial charge >= 0.3 is 6.61 Å². The summed E-state index contributed by atoms with van der Waals surface area (Å²) in [5.41, 5.74) is 0.298. The van der Waals surface area contributed by atoms with Crippen LogP contribution in [0.2, 0.25) is 0 Å². The smallest absolute Gasteiger partial charge is 0.387 e. The van der Waals surface area contributed by atoms with Gasteiger partial charge < -0.3 is 18.9 Å². The number of rotatable bonds is 5. The number of benzene rings is 1. The number of aromatic nitrogens is 3. The molecule has 0 saturated carbocycles. The fourth-order valence-corrected chi connectivity index (χ4v) is 4.36. The maximum atomic E-state index is 13.1. The highest BCUT2D eigenvalue weighted by molar-refractivity contribution is 5.95. The fraction of sp³-hybridized carbons (Fsp3) is 0.571. The molecule has 0 aliphatic carbocycles. The number of methoxy groups -OCH3 is 1. The minimum atomic E-state index is -2.99. The molecule has 1 fully saturated rings. The molecule has 9 heteroatoms. The summed E-state index contributed by atoms with van der Waals surface area (Å²) in [4.78, 5) is 14.9. The maximum Gasteiger partial charge on any atom is 0.387 e. The van der Waals surface area contributed by atoms with Gasteiger partial charge in [0, 0.05) is 37.5 Å². The predicted molar refractivity (Wildman–Crippen MR) is 105 cm³/mol. The second-order valence-corrected chi connectivity index (χ2v) is 7.77. The van der Waals surface area contributed by atoms with Gasteiger partial charge in [-0.1, -0.05) is 6.42 Å². The summed E-state index contributed by atoms with van der Waals surface area (Å²) in [6.45, 7) is -0.914. The zero-order valence-corrected chi connectivity index (χ0v) is 17.0. The highest BCUT2D eigenvalue weighted by Gasteiger charge is 2.30. The maximum absolute atomic E-state index is 13.1. The summed E-state index contributed by atoms with van der Waals surface area (Å²) < 4.78 is 37.2. The molecule has 1 unspecified atom stereocenters. The number of likely N-dealkylation sites (tertiary alicyclic amines) is 1. The van der Waals surface area contributed by atoms with Crippen LogP contribution in [-0.2, 0) is 13.0 Å². The van der Waals surface area contributed by atoms with Gasteiger partial charge in [0.15, 0.2) is 11.5 Å². The molecule has 1 aromatic heterocycles. The Morgan fingerprint density at radius 2 is 2.00 bits per heavy atom. The zero-order chi connectivity index (χ0) is 21.1. The van der Waals surface area contributed by atoms with Gasteiger partial charge in [-0.15, -0.1) is 10.2 Å². The molecule has 2 aliphatic heterocycles. The molecule has 1 saturated heterocycles. The number of carbonyl (C=O) groups excluding carboxylic acids is 1. The first-order chi connectivity index (χ1) is 14.6. The topological polar surface area (TPSA) is 69.5 Å². The Balaban J connectivity index is 1.52. The van der Waals surface area contributed by atoms with Crippen molar-refractivity contribution in [3.63, 3.8) is 0 Å². The number of carbonyl (C=O) groups is 1. The van der Waals surface area contributed by atoms with Crippen LogP contribution in [0.4, 0.5) is 8.78 Å². The molecule has 1 atom stereocenters. The van der Waals surface area contributed by atoms with Crippen LogP contribution in [0.1, 0.15) is 60.0 Å². The molecule has 0 radical (unpaired) electrons. The number of hydrogen-bond acceptors (Lipinski definition) is 5. The molecule has 7 nitrogen and oxygen atoms in total. The molecule has 0 spiro atoms. The van der Waals surface area contributed by atoms with Crippen molar-refractivity contribution in [3.8, 4) is 11.5 Å². The molecule has 162 valence electrons. The Hall–Kier alpha value is -2.71. The number of aryl methyl sites for hydroxylation is 1. The molecule has 3 heterocycles. The van der Waals surface area contributed by atoms with E-state index in [0.717, 1.165) is 50.3 Å². The number of fused-ring (bicyclic) bond motifs is 1.